The summed E-state index contributed by atoms with van der Waals surface area (Å²) in [4.78, 5) is 27.6. The van der Waals surface area contributed by atoms with Crippen LogP contribution in [0.15, 0.2) is 48.5 Å². The minimum atomic E-state index is -3.52. The molecular weight excluding hydrogens is 462 g/mol. The number of benzene rings is 2. The molecule has 7 nitrogen and oxygen atoms in total. The topological polar surface area (TPSA) is 86.8 Å². The first-order chi connectivity index (χ1) is 16.4. The quantitative estimate of drug-likeness (QED) is 0.476. The molecule has 0 fully saturated rings. The lowest BCUT2D eigenvalue weighted by Crippen LogP contribution is -2.48. The molecule has 0 unspecified atom stereocenters. The van der Waals surface area contributed by atoms with E-state index in [0.29, 0.717) is 31.1 Å². The van der Waals surface area contributed by atoms with Crippen molar-refractivity contribution in [2.75, 3.05) is 23.7 Å². The molecule has 35 heavy (non-hydrogen) atoms. The first-order valence-electron chi connectivity index (χ1n) is 12.1. The van der Waals surface area contributed by atoms with Gasteiger partial charge in [-0.05, 0) is 61.9 Å². The number of aryl methyl sites for hydroxylation is 2. The van der Waals surface area contributed by atoms with Crippen molar-refractivity contribution in [1.82, 2.24) is 10.2 Å². The largest absolute Gasteiger partial charge is 0.354 e. The highest BCUT2D eigenvalue weighted by Gasteiger charge is 2.26. The zero-order chi connectivity index (χ0) is 26.2. The Morgan fingerprint density at radius 2 is 1.57 bits per heavy atom. The number of sulfonamides is 1. The number of carbonyl (C=O) groups excluding carboxylic acids is 2. The normalized spacial score (nSPS) is 12.3. The molecule has 0 saturated heterocycles. The number of hydrogen-bond donors (Lipinski definition) is 1. The Morgan fingerprint density at radius 1 is 0.971 bits per heavy atom. The van der Waals surface area contributed by atoms with Crippen molar-refractivity contribution in [3.05, 3.63) is 65.2 Å². The molecule has 0 aliphatic carbocycles. The van der Waals surface area contributed by atoms with Gasteiger partial charge in [0.25, 0.3) is 0 Å². The molecule has 2 amide bonds. The average Bonchev–Trinajstić information content (AvgIpc) is 2.77. The lowest BCUT2D eigenvalue weighted by Gasteiger charge is -2.29. The van der Waals surface area contributed by atoms with Crippen molar-refractivity contribution in [3.8, 4) is 0 Å². The highest BCUT2D eigenvalue weighted by Crippen LogP contribution is 2.22. The maximum Gasteiger partial charge on any atom is 0.242 e. The lowest BCUT2D eigenvalue weighted by atomic mass is 10.1. The lowest BCUT2D eigenvalue weighted by molar-refractivity contribution is -0.140. The number of rotatable bonds is 12. The van der Waals surface area contributed by atoms with E-state index in [9.17, 15) is 18.0 Å². The third-order valence-corrected chi connectivity index (χ3v) is 6.89. The van der Waals surface area contributed by atoms with Crippen molar-refractivity contribution < 1.29 is 18.0 Å². The van der Waals surface area contributed by atoms with E-state index in [1.165, 1.54) is 10.6 Å². The Balaban J connectivity index is 2.15. The van der Waals surface area contributed by atoms with Crippen LogP contribution in [-0.4, -0.2) is 50.5 Å². The fraction of sp³-hybridized carbons (Fsp3) is 0.481. The first kappa shape index (κ1) is 28.4. The van der Waals surface area contributed by atoms with Gasteiger partial charge < -0.3 is 10.2 Å². The van der Waals surface area contributed by atoms with Crippen molar-refractivity contribution in [3.63, 3.8) is 0 Å². The van der Waals surface area contributed by atoms with E-state index in [1.54, 1.807) is 11.8 Å². The van der Waals surface area contributed by atoms with Crippen LogP contribution in [-0.2, 0) is 26.2 Å². The Hall–Kier alpha value is -2.87. The van der Waals surface area contributed by atoms with Gasteiger partial charge in [-0.1, -0.05) is 50.2 Å². The molecule has 0 radical (unpaired) electrons. The molecule has 0 spiro atoms. The standard InChI is InChI=1S/C27H39N3O4S/c1-20(2)18-28-27(32)23(5)29(19-24-11-8-7-9-12-24)26(31)13-10-14-30(35(6,33)34)25-16-21(3)15-22(4)17-25/h7-9,11-12,15-17,20,23H,10,13-14,18-19H2,1-6H3,(H,28,32)/t23-/m0/s1. The molecule has 192 valence electrons. The highest BCUT2D eigenvalue weighted by molar-refractivity contribution is 7.92. The second kappa shape index (κ2) is 12.7. The van der Waals surface area contributed by atoms with Crippen LogP contribution in [0.4, 0.5) is 5.69 Å². The molecule has 0 saturated carbocycles. The van der Waals surface area contributed by atoms with Crippen LogP contribution < -0.4 is 9.62 Å². The molecule has 0 heterocycles. The Kier molecular flexibility index (Phi) is 10.3. The summed E-state index contributed by atoms with van der Waals surface area (Å²) < 4.78 is 26.4. The highest BCUT2D eigenvalue weighted by atomic mass is 32.2. The van der Waals surface area contributed by atoms with E-state index < -0.39 is 16.1 Å². The van der Waals surface area contributed by atoms with E-state index in [1.807, 2.05) is 76.2 Å². The molecule has 1 atom stereocenters. The van der Waals surface area contributed by atoms with Gasteiger partial charge in [-0.3, -0.25) is 13.9 Å². The predicted octanol–water partition coefficient (Wildman–Crippen LogP) is 4.04. The van der Waals surface area contributed by atoms with Crippen LogP contribution in [0.1, 0.15) is 50.3 Å². The van der Waals surface area contributed by atoms with Gasteiger partial charge in [0.15, 0.2) is 0 Å². The number of anilines is 1. The first-order valence-corrected chi connectivity index (χ1v) is 13.9. The van der Waals surface area contributed by atoms with Gasteiger partial charge in [0.05, 0.1) is 11.9 Å². The Labute approximate surface area is 210 Å². The van der Waals surface area contributed by atoms with Crippen LogP contribution in [0.5, 0.6) is 0 Å². The number of hydrogen-bond acceptors (Lipinski definition) is 4. The minimum Gasteiger partial charge on any atom is -0.354 e. The van der Waals surface area contributed by atoms with Crippen LogP contribution >= 0.6 is 0 Å². The van der Waals surface area contributed by atoms with Crippen LogP contribution in [0.25, 0.3) is 0 Å². The monoisotopic (exact) mass is 501 g/mol. The second-order valence-electron chi connectivity index (χ2n) is 9.61. The number of carbonyl (C=O) groups is 2. The van der Waals surface area contributed by atoms with Crippen molar-refractivity contribution in [2.24, 2.45) is 5.92 Å². The van der Waals surface area contributed by atoms with E-state index >= 15 is 0 Å². The Morgan fingerprint density at radius 3 is 2.11 bits per heavy atom. The zero-order valence-corrected chi connectivity index (χ0v) is 22.6. The summed E-state index contributed by atoms with van der Waals surface area (Å²) in [5, 5.41) is 2.91. The molecule has 2 aromatic carbocycles. The molecule has 0 aromatic heterocycles. The zero-order valence-electron chi connectivity index (χ0n) is 21.7. The van der Waals surface area contributed by atoms with E-state index in [0.717, 1.165) is 16.7 Å². The summed E-state index contributed by atoms with van der Waals surface area (Å²) in [5.41, 5.74) is 3.47. The fourth-order valence-corrected chi connectivity index (χ4v) is 4.86. The van der Waals surface area contributed by atoms with Crippen LogP contribution in [0, 0.1) is 19.8 Å². The second-order valence-corrected chi connectivity index (χ2v) is 11.5. The molecule has 2 aromatic rings. The third kappa shape index (κ3) is 9.02. The van der Waals surface area contributed by atoms with Gasteiger partial charge in [0.2, 0.25) is 21.8 Å². The van der Waals surface area contributed by atoms with Crippen molar-refractivity contribution in [1.29, 1.82) is 0 Å². The van der Waals surface area contributed by atoms with Gasteiger partial charge in [0, 0.05) is 26.1 Å². The summed E-state index contributed by atoms with van der Waals surface area (Å²) in [7, 11) is -3.52. The summed E-state index contributed by atoms with van der Waals surface area (Å²) in [6, 6.07) is 14.5. The summed E-state index contributed by atoms with van der Waals surface area (Å²) >= 11 is 0. The van der Waals surface area contributed by atoms with E-state index in [4.69, 9.17) is 0 Å². The molecule has 2 rings (SSSR count). The Bertz CT molecular complexity index is 1080. The number of nitrogens with one attached hydrogen (secondary N) is 1. The number of nitrogens with zero attached hydrogens (tertiary/aromatic N) is 2. The predicted molar refractivity (Wildman–Crippen MR) is 142 cm³/mol. The van der Waals surface area contributed by atoms with Gasteiger partial charge in [-0.15, -0.1) is 0 Å². The molecule has 0 aliphatic rings. The number of amides is 2. The van der Waals surface area contributed by atoms with Gasteiger partial charge >= 0.3 is 0 Å². The van der Waals surface area contributed by atoms with Crippen LogP contribution in [0.3, 0.4) is 0 Å². The smallest absolute Gasteiger partial charge is 0.242 e. The SMILES string of the molecule is Cc1cc(C)cc(N(CCCC(=O)N(Cc2ccccc2)[C@@H](C)C(=O)NCC(C)C)S(C)(=O)=O)c1. The minimum absolute atomic E-state index is 0.130. The van der Waals surface area contributed by atoms with Gasteiger partial charge in [-0.2, -0.15) is 0 Å². The average molecular weight is 502 g/mol. The molecule has 0 bridgehead atoms. The molecule has 0 aliphatic heterocycles. The van der Waals surface area contributed by atoms with Gasteiger partial charge in [0.1, 0.15) is 6.04 Å². The molecule has 8 heteroatoms. The van der Waals surface area contributed by atoms with Gasteiger partial charge in [-0.25, -0.2) is 8.42 Å². The van der Waals surface area contributed by atoms with Crippen molar-refractivity contribution >= 4 is 27.5 Å². The van der Waals surface area contributed by atoms with Crippen molar-refractivity contribution in [2.45, 2.75) is 60.0 Å². The maximum absolute atomic E-state index is 13.3. The molecule has 1 N–H and O–H groups in total. The summed E-state index contributed by atoms with van der Waals surface area (Å²) in [6.45, 7) is 10.6. The van der Waals surface area contributed by atoms with E-state index in [-0.39, 0.29) is 24.8 Å². The maximum atomic E-state index is 13.3. The van der Waals surface area contributed by atoms with Crippen LogP contribution in [0.2, 0.25) is 0 Å². The summed E-state index contributed by atoms with van der Waals surface area (Å²) in [6.07, 6.45) is 1.64. The van der Waals surface area contributed by atoms with E-state index in [2.05, 4.69) is 5.32 Å². The molecular formula is C27H39N3O4S. The third-order valence-electron chi connectivity index (χ3n) is 5.69. The summed E-state index contributed by atoms with van der Waals surface area (Å²) in [5.74, 6) is -0.0810. The fourth-order valence-electron chi connectivity index (χ4n) is 3.91.